The van der Waals surface area contributed by atoms with E-state index in [1.54, 1.807) is 0 Å². The lowest BCUT2D eigenvalue weighted by Gasteiger charge is -2.10. The topological polar surface area (TPSA) is 58.3 Å². The fourth-order valence-corrected chi connectivity index (χ4v) is 2.26. The van der Waals surface area contributed by atoms with Crippen molar-refractivity contribution in [2.45, 2.75) is 36.6 Å². The highest BCUT2D eigenvalue weighted by Gasteiger charge is 2.01. The molecule has 0 aliphatic carbocycles. The van der Waals surface area contributed by atoms with Gasteiger partial charge in [-0.3, -0.25) is 0 Å². The first-order valence-electron chi connectivity index (χ1n) is 5.94. The number of rotatable bonds is 7. The fourth-order valence-electron chi connectivity index (χ4n) is 1.42. The second kappa shape index (κ2) is 7.71. The van der Waals surface area contributed by atoms with Gasteiger partial charge >= 0.3 is 0 Å². The largest absolute Gasteiger partial charge is 0.395 e. The molecule has 4 heteroatoms. The van der Waals surface area contributed by atoms with Crippen LogP contribution in [0.15, 0.2) is 29.2 Å². The van der Waals surface area contributed by atoms with Gasteiger partial charge in [0.2, 0.25) is 0 Å². The minimum Gasteiger partial charge on any atom is -0.395 e. The van der Waals surface area contributed by atoms with E-state index in [2.05, 4.69) is 43.4 Å². The maximum Gasteiger partial charge on any atom is 0.0594 e. The lowest BCUT2D eigenvalue weighted by molar-refractivity contribution is 0.262. The van der Waals surface area contributed by atoms with Crippen LogP contribution in [0.2, 0.25) is 0 Å². The van der Waals surface area contributed by atoms with E-state index in [0.717, 1.165) is 6.54 Å². The van der Waals surface area contributed by atoms with Crippen LogP contribution in [0.4, 0.5) is 0 Å². The molecule has 0 fully saturated rings. The highest BCUT2D eigenvalue weighted by atomic mass is 32.2. The van der Waals surface area contributed by atoms with Gasteiger partial charge in [-0.2, -0.15) is 0 Å². The summed E-state index contributed by atoms with van der Waals surface area (Å²) in [5.74, 6) is 0. The monoisotopic (exact) mass is 254 g/mol. The van der Waals surface area contributed by atoms with Crippen LogP contribution < -0.4 is 11.1 Å². The SMILES string of the molecule is CC(C)Sc1ccc(CNCC(N)CO)cc1. The van der Waals surface area contributed by atoms with Crippen LogP contribution in [-0.2, 0) is 6.54 Å². The Bertz CT molecular complexity index is 314. The van der Waals surface area contributed by atoms with E-state index in [9.17, 15) is 0 Å². The number of benzene rings is 1. The van der Waals surface area contributed by atoms with Crippen LogP contribution in [0.3, 0.4) is 0 Å². The quantitative estimate of drug-likeness (QED) is 0.647. The molecule has 0 saturated carbocycles. The van der Waals surface area contributed by atoms with Crippen LogP contribution in [0, 0.1) is 0 Å². The summed E-state index contributed by atoms with van der Waals surface area (Å²) >= 11 is 1.87. The van der Waals surface area contributed by atoms with Gasteiger partial charge in [-0.15, -0.1) is 11.8 Å². The molecule has 1 aromatic rings. The average molecular weight is 254 g/mol. The molecule has 4 N–H and O–H groups in total. The summed E-state index contributed by atoms with van der Waals surface area (Å²) in [6.07, 6.45) is 0. The Kier molecular flexibility index (Phi) is 6.58. The number of nitrogens with one attached hydrogen (secondary N) is 1. The zero-order valence-electron chi connectivity index (χ0n) is 10.5. The molecule has 1 rings (SSSR count). The zero-order valence-corrected chi connectivity index (χ0v) is 11.3. The molecule has 17 heavy (non-hydrogen) atoms. The van der Waals surface area contributed by atoms with E-state index in [-0.39, 0.29) is 12.6 Å². The summed E-state index contributed by atoms with van der Waals surface area (Å²) < 4.78 is 0. The first-order chi connectivity index (χ1) is 8.11. The van der Waals surface area contributed by atoms with Gasteiger partial charge in [0.25, 0.3) is 0 Å². The number of hydrogen-bond acceptors (Lipinski definition) is 4. The molecule has 96 valence electrons. The predicted molar refractivity (Wildman–Crippen MR) is 74.2 cm³/mol. The van der Waals surface area contributed by atoms with Gasteiger partial charge in [0, 0.05) is 29.3 Å². The Hall–Kier alpha value is -0.550. The highest BCUT2D eigenvalue weighted by molar-refractivity contribution is 7.99. The molecule has 1 aromatic carbocycles. The van der Waals surface area contributed by atoms with E-state index in [1.807, 2.05) is 11.8 Å². The molecule has 0 aromatic heterocycles. The third-order valence-corrected chi connectivity index (χ3v) is 3.28. The van der Waals surface area contributed by atoms with Crippen LogP contribution in [0.1, 0.15) is 19.4 Å². The first kappa shape index (κ1) is 14.5. The van der Waals surface area contributed by atoms with E-state index < -0.39 is 0 Å². The fraction of sp³-hybridized carbons (Fsp3) is 0.538. The van der Waals surface area contributed by atoms with Crippen molar-refractivity contribution >= 4 is 11.8 Å². The third kappa shape index (κ3) is 6.07. The lowest BCUT2D eigenvalue weighted by atomic mass is 10.2. The zero-order chi connectivity index (χ0) is 12.7. The average Bonchev–Trinajstić information content (AvgIpc) is 2.30. The Morgan fingerprint density at radius 2 is 1.94 bits per heavy atom. The molecule has 1 unspecified atom stereocenters. The smallest absolute Gasteiger partial charge is 0.0594 e. The molecular weight excluding hydrogens is 232 g/mol. The van der Waals surface area contributed by atoms with Gasteiger partial charge in [0.1, 0.15) is 0 Å². The summed E-state index contributed by atoms with van der Waals surface area (Å²) in [6, 6.07) is 8.37. The van der Waals surface area contributed by atoms with Gasteiger partial charge in [0.05, 0.1) is 6.61 Å². The summed E-state index contributed by atoms with van der Waals surface area (Å²) in [5, 5.41) is 12.6. The molecular formula is C13H22N2OS. The molecule has 0 bridgehead atoms. The van der Waals surface area contributed by atoms with Crippen LogP contribution in [0.25, 0.3) is 0 Å². The highest BCUT2D eigenvalue weighted by Crippen LogP contribution is 2.22. The van der Waals surface area contributed by atoms with Crippen molar-refractivity contribution in [3.05, 3.63) is 29.8 Å². The van der Waals surface area contributed by atoms with Crippen molar-refractivity contribution in [2.24, 2.45) is 5.73 Å². The van der Waals surface area contributed by atoms with Crippen molar-refractivity contribution in [1.29, 1.82) is 0 Å². The van der Waals surface area contributed by atoms with Crippen molar-refractivity contribution < 1.29 is 5.11 Å². The van der Waals surface area contributed by atoms with Gasteiger partial charge in [-0.05, 0) is 17.7 Å². The maximum atomic E-state index is 8.78. The Morgan fingerprint density at radius 3 is 2.47 bits per heavy atom. The van der Waals surface area contributed by atoms with Crippen molar-refractivity contribution in [1.82, 2.24) is 5.32 Å². The number of hydrogen-bond donors (Lipinski definition) is 3. The third-order valence-electron chi connectivity index (χ3n) is 2.27. The summed E-state index contributed by atoms with van der Waals surface area (Å²) in [5.41, 5.74) is 6.84. The van der Waals surface area contributed by atoms with E-state index >= 15 is 0 Å². The number of aliphatic hydroxyl groups is 1. The van der Waals surface area contributed by atoms with Crippen LogP contribution in [0.5, 0.6) is 0 Å². The second-order valence-corrected chi connectivity index (χ2v) is 6.03. The van der Waals surface area contributed by atoms with E-state index in [0.29, 0.717) is 11.8 Å². The molecule has 0 spiro atoms. The first-order valence-corrected chi connectivity index (χ1v) is 6.82. The number of aliphatic hydroxyl groups excluding tert-OH is 1. The predicted octanol–water partition coefficient (Wildman–Crippen LogP) is 1.60. The minimum absolute atomic E-state index is 0.0248. The molecule has 3 nitrogen and oxygen atoms in total. The normalized spacial score (nSPS) is 13.0. The van der Waals surface area contributed by atoms with Gasteiger partial charge < -0.3 is 16.2 Å². The molecule has 0 heterocycles. The summed E-state index contributed by atoms with van der Waals surface area (Å²) in [7, 11) is 0. The molecule has 0 radical (unpaired) electrons. The Balaban J connectivity index is 2.35. The molecule has 0 amide bonds. The molecule has 0 aliphatic rings. The second-order valence-electron chi connectivity index (χ2n) is 4.38. The van der Waals surface area contributed by atoms with E-state index in [1.165, 1.54) is 10.5 Å². The van der Waals surface area contributed by atoms with Gasteiger partial charge in [-0.1, -0.05) is 26.0 Å². The molecule has 0 saturated heterocycles. The van der Waals surface area contributed by atoms with E-state index in [4.69, 9.17) is 10.8 Å². The van der Waals surface area contributed by atoms with Crippen LogP contribution in [-0.4, -0.2) is 29.5 Å². The number of thioether (sulfide) groups is 1. The Labute approximate surface area is 108 Å². The molecule has 0 aliphatic heterocycles. The van der Waals surface area contributed by atoms with Crippen LogP contribution >= 0.6 is 11.8 Å². The Morgan fingerprint density at radius 1 is 1.29 bits per heavy atom. The van der Waals surface area contributed by atoms with Crippen molar-refractivity contribution in [3.8, 4) is 0 Å². The summed E-state index contributed by atoms with van der Waals surface area (Å²) in [6.45, 7) is 5.84. The summed E-state index contributed by atoms with van der Waals surface area (Å²) in [4.78, 5) is 1.30. The number of nitrogens with two attached hydrogens (primary N) is 1. The maximum absolute atomic E-state index is 8.78. The minimum atomic E-state index is -0.175. The molecule has 1 atom stereocenters. The van der Waals surface area contributed by atoms with Crippen molar-refractivity contribution in [2.75, 3.05) is 13.2 Å². The lowest BCUT2D eigenvalue weighted by Crippen LogP contribution is -2.36. The standard InChI is InChI=1S/C13H22N2OS/c1-10(2)17-13-5-3-11(4-6-13)7-15-8-12(14)9-16/h3-6,10,12,15-16H,7-9,14H2,1-2H3. The van der Waals surface area contributed by atoms with Gasteiger partial charge in [-0.25, -0.2) is 0 Å². The van der Waals surface area contributed by atoms with Gasteiger partial charge in [0.15, 0.2) is 0 Å². The van der Waals surface area contributed by atoms with Crippen molar-refractivity contribution in [3.63, 3.8) is 0 Å².